The van der Waals surface area contributed by atoms with Crippen LogP contribution >= 0.6 is 11.3 Å². The number of nitrogen functional groups attached to an aromatic ring is 1. The highest BCUT2D eigenvalue weighted by molar-refractivity contribution is 7.22. The number of benzene rings is 1. The molecule has 1 aromatic heterocycles. The maximum Gasteiger partial charge on any atom is 0.226 e. The normalized spacial score (nSPS) is 10.9. The number of hydrogen-bond acceptors (Lipinski definition) is 5. The molecule has 0 atom stereocenters. The molecule has 6 heteroatoms. The van der Waals surface area contributed by atoms with Crippen molar-refractivity contribution in [1.82, 2.24) is 4.98 Å². The first-order chi connectivity index (χ1) is 10.2. The van der Waals surface area contributed by atoms with E-state index < -0.39 is 0 Å². The molecule has 0 spiro atoms. The molecule has 0 unspecified atom stereocenters. The number of nitrogens with zero attached hydrogens (tertiary/aromatic N) is 1. The number of nitrogens with two attached hydrogens (primary N) is 1. The van der Waals surface area contributed by atoms with E-state index in [-0.39, 0.29) is 5.91 Å². The number of fused-ring (bicyclic) bond motifs is 1. The van der Waals surface area contributed by atoms with Crippen LogP contribution in [0, 0.1) is 0 Å². The van der Waals surface area contributed by atoms with E-state index in [9.17, 15) is 4.79 Å². The number of anilines is 2. The minimum absolute atomic E-state index is 0.0267. The van der Waals surface area contributed by atoms with Gasteiger partial charge in [-0.25, -0.2) is 4.98 Å². The number of rotatable bonds is 8. The van der Waals surface area contributed by atoms with Crippen LogP contribution in [-0.4, -0.2) is 24.1 Å². The molecule has 1 amide bonds. The number of amides is 1. The van der Waals surface area contributed by atoms with Gasteiger partial charge in [0.1, 0.15) is 0 Å². The summed E-state index contributed by atoms with van der Waals surface area (Å²) in [6.07, 6.45) is 3.38. The second-order valence-corrected chi connectivity index (χ2v) is 5.89. The van der Waals surface area contributed by atoms with Crippen molar-refractivity contribution in [3.8, 4) is 0 Å². The average Bonchev–Trinajstić information content (AvgIpc) is 2.83. The molecule has 1 aromatic carbocycles. The van der Waals surface area contributed by atoms with Gasteiger partial charge in [-0.1, -0.05) is 24.7 Å². The van der Waals surface area contributed by atoms with Crippen molar-refractivity contribution in [3.63, 3.8) is 0 Å². The van der Waals surface area contributed by atoms with E-state index in [1.807, 2.05) is 12.1 Å². The first kappa shape index (κ1) is 15.7. The lowest BCUT2D eigenvalue weighted by Gasteiger charge is -2.03. The molecule has 0 saturated carbocycles. The van der Waals surface area contributed by atoms with Gasteiger partial charge in [0.2, 0.25) is 5.91 Å². The molecule has 0 bridgehead atoms. The number of carbonyl (C=O) groups is 1. The first-order valence-corrected chi connectivity index (χ1v) is 8.04. The lowest BCUT2D eigenvalue weighted by Crippen LogP contribution is -2.12. The van der Waals surface area contributed by atoms with E-state index in [1.54, 1.807) is 6.07 Å². The lowest BCUT2D eigenvalue weighted by atomic mass is 10.3. The third-order valence-electron chi connectivity index (χ3n) is 2.99. The van der Waals surface area contributed by atoms with Gasteiger partial charge in [0.15, 0.2) is 5.13 Å². The maximum absolute atomic E-state index is 11.8. The second-order valence-electron chi connectivity index (χ2n) is 4.86. The minimum Gasteiger partial charge on any atom is -0.399 e. The summed E-state index contributed by atoms with van der Waals surface area (Å²) in [7, 11) is 0. The molecule has 5 nitrogen and oxygen atoms in total. The Morgan fingerprint density at radius 1 is 1.38 bits per heavy atom. The molecular formula is C15H21N3O2S. The molecule has 0 aliphatic carbocycles. The molecule has 0 fully saturated rings. The van der Waals surface area contributed by atoms with Gasteiger partial charge in [0.05, 0.1) is 10.2 Å². The number of nitrogens with one attached hydrogen (secondary N) is 1. The maximum atomic E-state index is 11.8. The minimum atomic E-state index is -0.0267. The van der Waals surface area contributed by atoms with Crippen LogP contribution in [0.15, 0.2) is 18.2 Å². The Morgan fingerprint density at radius 3 is 3.00 bits per heavy atom. The SMILES string of the molecule is CCCCOCCCC(=O)Nc1nc2ccc(N)cc2s1. The highest BCUT2D eigenvalue weighted by Crippen LogP contribution is 2.27. The van der Waals surface area contributed by atoms with Crippen molar-refractivity contribution in [2.24, 2.45) is 0 Å². The highest BCUT2D eigenvalue weighted by Gasteiger charge is 2.07. The summed E-state index contributed by atoms with van der Waals surface area (Å²) >= 11 is 1.44. The monoisotopic (exact) mass is 307 g/mol. The molecule has 0 aliphatic heterocycles. The fourth-order valence-corrected chi connectivity index (χ4v) is 2.79. The summed E-state index contributed by atoms with van der Waals surface area (Å²) in [5, 5.41) is 3.44. The topological polar surface area (TPSA) is 77.2 Å². The Kier molecular flexibility index (Phi) is 5.95. The van der Waals surface area contributed by atoms with E-state index in [0.717, 1.165) is 36.1 Å². The van der Waals surface area contributed by atoms with Crippen LogP contribution in [0.2, 0.25) is 0 Å². The van der Waals surface area contributed by atoms with Crippen LogP contribution in [0.3, 0.4) is 0 Å². The zero-order chi connectivity index (χ0) is 15.1. The lowest BCUT2D eigenvalue weighted by molar-refractivity contribution is -0.116. The highest BCUT2D eigenvalue weighted by atomic mass is 32.1. The molecule has 21 heavy (non-hydrogen) atoms. The largest absolute Gasteiger partial charge is 0.399 e. The van der Waals surface area contributed by atoms with Crippen molar-refractivity contribution in [3.05, 3.63) is 18.2 Å². The van der Waals surface area contributed by atoms with Crippen molar-refractivity contribution in [1.29, 1.82) is 0 Å². The van der Waals surface area contributed by atoms with Gasteiger partial charge in [-0.3, -0.25) is 4.79 Å². The van der Waals surface area contributed by atoms with Crippen LogP contribution in [0.5, 0.6) is 0 Å². The summed E-state index contributed by atoms with van der Waals surface area (Å²) in [5.74, 6) is -0.0267. The fraction of sp³-hybridized carbons (Fsp3) is 0.467. The second kappa shape index (κ2) is 7.95. The number of unbranched alkanes of at least 4 members (excludes halogenated alkanes) is 1. The van der Waals surface area contributed by atoms with E-state index in [0.29, 0.717) is 23.8 Å². The number of thiazole rings is 1. The van der Waals surface area contributed by atoms with Crippen LogP contribution < -0.4 is 11.1 Å². The number of hydrogen-bond donors (Lipinski definition) is 2. The Balaban J connectivity index is 1.76. The molecule has 2 aromatic rings. The third-order valence-corrected chi connectivity index (χ3v) is 3.93. The van der Waals surface area contributed by atoms with Crippen LogP contribution in [0.1, 0.15) is 32.6 Å². The Morgan fingerprint density at radius 2 is 2.19 bits per heavy atom. The summed E-state index contributed by atoms with van der Waals surface area (Å²) in [5.41, 5.74) is 7.28. The van der Waals surface area contributed by atoms with Crippen molar-refractivity contribution < 1.29 is 9.53 Å². The van der Waals surface area contributed by atoms with Gasteiger partial charge in [0.25, 0.3) is 0 Å². The zero-order valence-corrected chi connectivity index (χ0v) is 13.0. The van der Waals surface area contributed by atoms with Crippen molar-refractivity contribution in [2.45, 2.75) is 32.6 Å². The Hall–Kier alpha value is -1.66. The quantitative estimate of drug-likeness (QED) is 0.578. The van der Waals surface area contributed by atoms with Crippen LogP contribution in [0.25, 0.3) is 10.2 Å². The Labute approximate surface area is 128 Å². The van der Waals surface area contributed by atoms with Gasteiger partial charge >= 0.3 is 0 Å². The molecule has 0 saturated heterocycles. The molecule has 114 valence electrons. The van der Waals surface area contributed by atoms with Gasteiger partial charge < -0.3 is 15.8 Å². The molecular weight excluding hydrogens is 286 g/mol. The summed E-state index contributed by atoms with van der Waals surface area (Å²) in [6, 6.07) is 5.53. The van der Waals surface area contributed by atoms with Gasteiger partial charge in [-0.05, 0) is 31.0 Å². The van der Waals surface area contributed by atoms with Gasteiger partial charge in [-0.2, -0.15) is 0 Å². The van der Waals surface area contributed by atoms with Crippen molar-refractivity contribution >= 4 is 38.3 Å². The smallest absolute Gasteiger partial charge is 0.226 e. The van der Waals surface area contributed by atoms with E-state index in [2.05, 4.69) is 17.2 Å². The molecule has 0 aliphatic rings. The van der Waals surface area contributed by atoms with Crippen molar-refractivity contribution in [2.75, 3.05) is 24.3 Å². The predicted molar refractivity (Wildman–Crippen MR) is 87.6 cm³/mol. The van der Waals surface area contributed by atoms with E-state index in [4.69, 9.17) is 10.5 Å². The number of aromatic nitrogens is 1. The predicted octanol–water partition coefficient (Wildman–Crippen LogP) is 3.41. The van der Waals surface area contributed by atoms with E-state index >= 15 is 0 Å². The first-order valence-electron chi connectivity index (χ1n) is 7.22. The molecule has 3 N–H and O–H groups in total. The summed E-state index contributed by atoms with van der Waals surface area (Å²) < 4.78 is 6.41. The zero-order valence-electron chi connectivity index (χ0n) is 12.2. The number of carbonyl (C=O) groups excluding carboxylic acids is 1. The van der Waals surface area contributed by atoms with Gasteiger partial charge in [-0.15, -0.1) is 0 Å². The standard InChI is InChI=1S/C15H21N3O2S/c1-2-3-8-20-9-4-5-14(19)18-15-17-12-7-6-11(16)10-13(12)21-15/h6-7,10H,2-5,8-9,16H2,1H3,(H,17,18,19). The van der Waals surface area contributed by atoms with Gasteiger partial charge in [0, 0.05) is 25.3 Å². The van der Waals surface area contributed by atoms with Crippen LogP contribution in [-0.2, 0) is 9.53 Å². The van der Waals surface area contributed by atoms with E-state index in [1.165, 1.54) is 11.3 Å². The Bertz CT molecular complexity index is 598. The molecule has 1 heterocycles. The summed E-state index contributed by atoms with van der Waals surface area (Å²) in [4.78, 5) is 16.2. The fourth-order valence-electron chi connectivity index (χ4n) is 1.86. The average molecular weight is 307 g/mol. The molecule has 0 radical (unpaired) electrons. The third kappa shape index (κ3) is 4.99. The number of ether oxygens (including phenoxy) is 1. The van der Waals surface area contributed by atoms with Crippen LogP contribution in [0.4, 0.5) is 10.8 Å². The summed E-state index contributed by atoms with van der Waals surface area (Å²) in [6.45, 7) is 3.53. The molecule has 2 rings (SSSR count).